The number of para-hydroxylation sites is 1. The fourth-order valence-corrected chi connectivity index (χ4v) is 2.76. The van der Waals surface area contributed by atoms with Gasteiger partial charge in [-0.3, -0.25) is 4.79 Å². The number of fused-ring (bicyclic) bond motifs is 1. The Bertz CT molecular complexity index is 625. The second kappa shape index (κ2) is 7.11. The predicted octanol–water partition coefficient (Wildman–Crippen LogP) is 1.34. The Balaban J connectivity index is 1.66. The lowest BCUT2D eigenvalue weighted by Crippen LogP contribution is -2.46. The Hall–Kier alpha value is -2.24. The number of nitrogens with one attached hydrogen (secondary N) is 2. The first-order valence-corrected chi connectivity index (χ1v) is 8.54. The molecule has 2 aliphatic rings. The lowest BCUT2D eigenvalue weighted by Gasteiger charge is -2.23. The normalized spacial score (nSPS) is 20.8. The molecule has 1 aromatic carbocycles. The first-order valence-electron chi connectivity index (χ1n) is 8.54. The number of hydrogen-bond donors (Lipinski definition) is 2. The van der Waals surface area contributed by atoms with Crippen LogP contribution in [0.3, 0.4) is 0 Å². The molecule has 3 rings (SSSR count). The van der Waals surface area contributed by atoms with Crippen molar-refractivity contribution in [1.29, 1.82) is 0 Å². The Kier molecular flexibility index (Phi) is 4.92. The highest BCUT2D eigenvalue weighted by atomic mass is 16.5. The quantitative estimate of drug-likeness (QED) is 0.632. The summed E-state index contributed by atoms with van der Waals surface area (Å²) in [6, 6.07) is 8.80. The van der Waals surface area contributed by atoms with Crippen molar-refractivity contribution in [3.8, 4) is 5.75 Å². The zero-order chi connectivity index (χ0) is 17.1. The highest BCUT2D eigenvalue weighted by Gasteiger charge is 2.30. The summed E-state index contributed by atoms with van der Waals surface area (Å²) in [5.74, 6) is 1.95. The van der Waals surface area contributed by atoms with E-state index in [2.05, 4.69) is 28.6 Å². The van der Waals surface area contributed by atoms with Crippen LogP contribution >= 0.6 is 0 Å². The Morgan fingerprint density at radius 1 is 1.38 bits per heavy atom. The zero-order valence-corrected chi connectivity index (χ0v) is 14.6. The van der Waals surface area contributed by atoms with Gasteiger partial charge in [0.25, 0.3) is 0 Å². The van der Waals surface area contributed by atoms with Gasteiger partial charge in [-0.05, 0) is 25.8 Å². The number of carbonyl (C=O) groups is 1. The molecule has 1 fully saturated rings. The van der Waals surface area contributed by atoms with E-state index in [1.807, 2.05) is 18.2 Å². The zero-order valence-electron chi connectivity index (χ0n) is 14.6. The van der Waals surface area contributed by atoms with Gasteiger partial charge in [-0.25, -0.2) is 4.99 Å². The first kappa shape index (κ1) is 16.6. The van der Waals surface area contributed by atoms with Crippen LogP contribution in [0.1, 0.15) is 31.2 Å². The second-order valence-corrected chi connectivity index (χ2v) is 6.76. The van der Waals surface area contributed by atoms with Crippen molar-refractivity contribution in [2.45, 2.75) is 37.8 Å². The second-order valence-electron chi connectivity index (χ2n) is 6.76. The summed E-state index contributed by atoms with van der Waals surface area (Å²) in [7, 11) is 3.49. The van der Waals surface area contributed by atoms with E-state index in [0.29, 0.717) is 18.6 Å². The average molecular weight is 330 g/mol. The third kappa shape index (κ3) is 3.99. The largest absolute Gasteiger partial charge is 0.493 e. The van der Waals surface area contributed by atoms with Crippen molar-refractivity contribution >= 4 is 11.9 Å². The van der Waals surface area contributed by atoms with Crippen LogP contribution in [0.5, 0.6) is 5.75 Å². The van der Waals surface area contributed by atoms with Gasteiger partial charge in [0.05, 0.1) is 6.61 Å². The van der Waals surface area contributed by atoms with Crippen LogP contribution in [-0.2, 0) is 4.79 Å². The number of guanidine groups is 1. The number of carbonyl (C=O) groups excluding carboxylic acids is 1. The molecule has 2 atom stereocenters. The molecule has 24 heavy (non-hydrogen) atoms. The van der Waals surface area contributed by atoms with Crippen LogP contribution in [0.25, 0.3) is 0 Å². The predicted molar refractivity (Wildman–Crippen MR) is 94.4 cm³/mol. The van der Waals surface area contributed by atoms with Crippen LogP contribution < -0.4 is 15.4 Å². The molecule has 1 amide bonds. The van der Waals surface area contributed by atoms with E-state index >= 15 is 0 Å². The Labute approximate surface area is 143 Å². The number of nitrogens with zero attached hydrogens (tertiary/aromatic N) is 2. The lowest BCUT2D eigenvalue weighted by molar-refractivity contribution is -0.127. The summed E-state index contributed by atoms with van der Waals surface area (Å²) < 4.78 is 5.78. The fourth-order valence-electron chi connectivity index (χ4n) is 2.76. The minimum Gasteiger partial charge on any atom is -0.493 e. The maximum atomic E-state index is 11.8. The molecule has 1 heterocycles. The number of aliphatic imine (C=N–C) groups is 1. The number of benzene rings is 1. The Morgan fingerprint density at radius 2 is 2.12 bits per heavy atom. The van der Waals surface area contributed by atoms with Crippen LogP contribution in [-0.4, -0.2) is 56.1 Å². The number of hydrogen-bond acceptors (Lipinski definition) is 3. The van der Waals surface area contributed by atoms with Crippen molar-refractivity contribution in [2.75, 3.05) is 27.2 Å². The number of ether oxygens (including phenoxy) is 1. The van der Waals surface area contributed by atoms with Gasteiger partial charge in [0.15, 0.2) is 5.96 Å². The average Bonchev–Trinajstić information content (AvgIpc) is 3.27. The monoisotopic (exact) mass is 330 g/mol. The molecule has 1 aliphatic heterocycles. The summed E-state index contributed by atoms with van der Waals surface area (Å²) in [6.45, 7) is 2.95. The molecule has 0 spiro atoms. The van der Waals surface area contributed by atoms with Crippen molar-refractivity contribution in [1.82, 2.24) is 15.5 Å². The van der Waals surface area contributed by atoms with Gasteiger partial charge in [0, 0.05) is 37.7 Å². The maximum Gasteiger partial charge on any atom is 0.243 e. The molecule has 0 aromatic heterocycles. The van der Waals surface area contributed by atoms with Crippen LogP contribution in [0, 0.1) is 0 Å². The molecule has 1 aliphatic carbocycles. The van der Waals surface area contributed by atoms with E-state index in [1.165, 1.54) is 5.56 Å². The summed E-state index contributed by atoms with van der Waals surface area (Å²) in [6.07, 6.45) is 2.32. The Morgan fingerprint density at radius 3 is 2.83 bits per heavy atom. The van der Waals surface area contributed by atoms with E-state index in [4.69, 9.17) is 4.74 Å². The van der Waals surface area contributed by atoms with E-state index in [1.54, 1.807) is 19.0 Å². The molecule has 2 N–H and O–H groups in total. The summed E-state index contributed by atoms with van der Waals surface area (Å²) >= 11 is 0. The minimum absolute atomic E-state index is 0.00547. The molecule has 2 unspecified atom stereocenters. The van der Waals surface area contributed by atoms with Crippen LogP contribution in [0.15, 0.2) is 29.3 Å². The highest BCUT2D eigenvalue weighted by Crippen LogP contribution is 2.35. The molecule has 1 saturated carbocycles. The summed E-state index contributed by atoms with van der Waals surface area (Å²) in [5.41, 5.74) is 1.23. The smallest absolute Gasteiger partial charge is 0.243 e. The molecule has 0 radical (unpaired) electrons. The van der Waals surface area contributed by atoms with Crippen molar-refractivity contribution in [3.05, 3.63) is 29.8 Å². The number of likely N-dealkylation sites (N-methyl/N-ethyl adjacent to an activating group) is 1. The summed E-state index contributed by atoms with van der Waals surface area (Å²) in [5, 5.41) is 6.84. The van der Waals surface area contributed by atoms with Gasteiger partial charge in [-0.2, -0.15) is 0 Å². The lowest BCUT2D eigenvalue weighted by atomic mass is 9.94. The fraction of sp³-hybridized carbons (Fsp3) is 0.556. The van der Waals surface area contributed by atoms with Gasteiger partial charge >= 0.3 is 0 Å². The first-order chi connectivity index (χ1) is 11.5. The van der Waals surface area contributed by atoms with Crippen molar-refractivity contribution < 1.29 is 9.53 Å². The highest BCUT2D eigenvalue weighted by molar-refractivity contribution is 5.85. The van der Waals surface area contributed by atoms with E-state index in [9.17, 15) is 4.79 Å². The molecule has 1 aromatic rings. The molecule has 0 bridgehead atoms. The third-order valence-electron chi connectivity index (χ3n) is 4.49. The molecular formula is C18H26N4O2. The van der Waals surface area contributed by atoms with Gasteiger partial charge in [0.2, 0.25) is 5.91 Å². The van der Waals surface area contributed by atoms with Gasteiger partial charge in [0.1, 0.15) is 12.3 Å². The van der Waals surface area contributed by atoms with E-state index in [0.717, 1.165) is 18.6 Å². The molecule has 0 saturated heterocycles. The van der Waals surface area contributed by atoms with Crippen LogP contribution in [0.2, 0.25) is 0 Å². The van der Waals surface area contributed by atoms with Crippen molar-refractivity contribution in [3.63, 3.8) is 0 Å². The van der Waals surface area contributed by atoms with Gasteiger partial charge in [-0.15, -0.1) is 0 Å². The SMILES string of the molecule is CC(NC(=NCC(=O)N(C)C)NC1CC1)C1COc2ccccc21. The molecule has 130 valence electrons. The number of amides is 1. The minimum atomic E-state index is -0.00547. The van der Waals surface area contributed by atoms with E-state index < -0.39 is 0 Å². The standard InChI is InChI=1S/C18H26N4O2/c1-12(15-11-24-16-7-5-4-6-14(15)16)20-18(21-13-8-9-13)19-10-17(23)22(2)3/h4-7,12-13,15H,8-11H2,1-3H3,(H2,19,20,21). The van der Waals surface area contributed by atoms with Crippen LogP contribution in [0.4, 0.5) is 0 Å². The van der Waals surface area contributed by atoms with Gasteiger partial charge < -0.3 is 20.3 Å². The van der Waals surface area contributed by atoms with Crippen molar-refractivity contribution in [2.24, 2.45) is 4.99 Å². The number of rotatable bonds is 5. The van der Waals surface area contributed by atoms with E-state index in [-0.39, 0.29) is 24.4 Å². The maximum absolute atomic E-state index is 11.8. The third-order valence-corrected chi connectivity index (χ3v) is 4.49. The van der Waals surface area contributed by atoms with Gasteiger partial charge in [-0.1, -0.05) is 18.2 Å². The topological polar surface area (TPSA) is 66.0 Å². The molecule has 6 heteroatoms. The molecular weight excluding hydrogens is 304 g/mol. The summed E-state index contributed by atoms with van der Waals surface area (Å²) in [4.78, 5) is 17.8. The molecule has 6 nitrogen and oxygen atoms in total.